The van der Waals surface area contributed by atoms with E-state index in [0.717, 1.165) is 62.0 Å². The van der Waals surface area contributed by atoms with E-state index in [-0.39, 0.29) is 18.1 Å². The number of carboxylic acid groups (broad SMARTS) is 1. The number of rotatable bonds is 5. The van der Waals surface area contributed by atoms with Gasteiger partial charge in [-0.2, -0.15) is 22.0 Å². The van der Waals surface area contributed by atoms with Gasteiger partial charge in [0.15, 0.2) is 5.82 Å². The van der Waals surface area contributed by atoms with Crippen molar-refractivity contribution in [2.24, 2.45) is 0 Å². The smallest absolute Gasteiger partial charge is 0.416 e. The van der Waals surface area contributed by atoms with Crippen LogP contribution in [-0.4, -0.2) is 59.5 Å². The number of ether oxygens (including phenoxy) is 1. The Morgan fingerprint density at radius 2 is 1.91 bits per heavy atom. The van der Waals surface area contributed by atoms with Crippen molar-refractivity contribution in [1.29, 1.82) is 0 Å². The SMILES string of the molecule is CN1CCC[C@@H](Nc2nnc(-c3ccc(C(F)(F)F)cc3OC(F)F)c3c2CCC3)C1.O=CO. The first-order valence-corrected chi connectivity index (χ1v) is 10.7. The van der Waals surface area contributed by atoms with Gasteiger partial charge in [0.2, 0.25) is 0 Å². The number of piperidine rings is 1. The van der Waals surface area contributed by atoms with Crippen molar-refractivity contribution in [2.75, 3.05) is 25.5 Å². The molecular weight excluding hydrogens is 463 g/mol. The van der Waals surface area contributed by atoms with E-state index >= 15 is 0 Å². The van der Waals surface area contributed by atoms with Crippen molar-refractivity contribution < 1.29 is 36.6 Å². The molecule has 2 aromatic rings. The Morgan fingerprint density at radius 3 is 2.56 bits per heavy atom. The van der Waals surface area contributed by atoms with Crippen LogP contribution in [0.1, 0.15) is 36.0 Å². The predicted molar refractivity (Wildman–Crippen MR) is 114 cm³/mol. The van der Waals surface area contributed by atoms with Gasteiger partial charge in [-0.25, -0.2) is 0 Å². The number of alkyl halides is 5. The summed E-state index contributed by atoms with van der Waals surface area (Å²) in [6.07, 6.45) is -0.369. The summed E-state index contributed by atoms with van der Waals surface area (Å²) in [5.41, 5.74) is 1.09. The summed E-state index contributed by atoms with van der Waals surface area (Å²) in [7, 11) is 2.06. The molecule has 0 spiro atoms. The summed E-state index contributed by atoms with van der Waals surface area (Å²) < 4.78 is 69.5. The van der Waals surface area contributed by atoms with E-state index in [1.54, 1.807) is 0 Å². The highest BCUT2D eigenvalue weighted by molar-refractivity contribution is 5.74. The summed E-state index contributed by atoms with van der Waals surface area (Å²) in [5.74, 6) is 0.114. The molecule has 0 radical (unpaired) electrons. The Balaban J connectivity index is 0.00000103. The largest absolute Gasteiger partial charge is 0.483 e. The fourth-order valence-corrected chi connectivity index (χ4v) is 4.38. The van der Waals surface area contributed by atoms with Crippen LogP contribution < -0.4 is 10.1 Å². The van der Waals surface area contributed by atoms with Crippen molar-refractivity contribution in [3.05, 3.63) is 34.9 Å². The number of hydrogen-bond donors (Lipinski definition) is 2. The first-order valence-electron chi connectivity index (χ1n) is 10.7. The average Bonchev–Trinajstić information content (AvgIpc) is 3.24. The molecule has 1 aliphatic heterocycles. The number of benzene rings is 1. The number of carbonyl (C=O) groups is 1. The molecule has 2 aliphatic rings. The van der Waals surface area contributed by atoms with Gasteiger partial charge in [-0.1, -0.05) is 0 Å². The van der Waals surface area contributed by atoms with Gasteiger partial charge in [-0.3, -0.25) is 4.79 Å². The number of likely N-dealkylation sites (tertiary alicyclic amines) is 1. The normalized spacial score (nSPS) is 18.1. The van der Waals surface area contributed by atoms with Crippen molar-refractivity contribution in [3.63, 3.8) is 0 Å². The van der Waals surface area contributed by atoms with E-state index in [2.05, 4.69) is 32.2 Å². The summed E-state index contributed by atoms with van der Waals surface area (Å²) in [6.45, 7) is -1.59. The maximum Gasteiger partial charge on any atom is 0.416 e. The number of fused-ring (bicyclic) bond motifs is 1. The maximum atomic E-state index is 13.1. The molecule has 1 aromatic carbocycles. The number of nitrogens with zero attached hydrogens (tertiary/aromatic N) is 3. The van der Waals surface area contributed by atoms with Crippen molar-refractivity contribution in [2.45, 2.75) is 50.9 Å². The second kappa shape index (κ2) is 10.9. The molecule has 186 valence electrons. The molecule has 12 heteroatoms. The average molecular weight is 488 g/mol. The van der Waals surface area contributed by atoms with Crippen LogP contribution in [0.25, 0.3) is 11.3 Å². The monoisotopic (exact) mass is 488 g/mol. The number of likely N-dealkylation sites (N-methyl/N-ethyl adjacent to an activating group) is 1. The van der Waals surface area contributed by atoms with E-state index in [1.807, 2.05) is 0 Å². The van der Waals surface area contributed by atoms with E-state index in [1.165, 1.54) is 0 Å². The molecule has 1 saturated heterocycles. The minimum Gasteiger partial charge on any atom is -0.483 e. The van der Waals surface area contributed by atoms with Gasteiger partial charge < -0.3 is 20.1 Å². The molecule has 0 bridgehead atoms. The lowest BCUT2D eigenvalue weighted by molar-refractivity contribution is -0.138. The van der Waals surface area contributed by atoms with Crippen LogP contribution in [0.4, 0.5) is 27.8 Å². The van der Waals surface area contributed by atoms with Gasteiger partial charge in [0.1, 0.15) is 11.4 Å². The molecule has 1 atom stereocenters. The van der Waals surface area contributed by atoms with Crippen LogP contribution in [0.3, 0.4) is 0 Å². The van der Waals surface area contributed by atoms with Crippen molar-refractivity contribution in [3.8, 4) is 17.0 Å². The minimum atomic E-state index is -4.67. The van der Waals surface area contributed by atoms with Crippen molar-refractivity contribution >= 4 is 12.3 Å². The number of hydrogen-bond acceptors (Lipinski definition) is 6. The summed E-state index contributed by atoms with van der Waals surface area (Å²) in [5, 5.41) is 18.9. The Labute approximate surface area is 192 Å². The Kier molecular flexibility index (Phi) is 8.24. The highest BCUT2D eigenvalue weighted by Gasteiger charge is 2.33. The fourth-order valence-electron chi connectivity index (χ4n) is 4.38. The van der Waals surface area contributed by atoms with Gasteiger partial charge in [-0.05, 0) is 69.5 Å². The molecule has 1 aromatic heterocycles. The van der Waals surface area contributed by atoms with Crippen LogP contribution in [0, 0.1) is 0 Å². The lowest BCUT2D eigenvalue weighted by atomic mass is 10.0. The topological polar surface area (TPSA) is 87.6 Å². The van der Waals surface area contributed by atoms with Gasteiger partial charge in [0, 0.05) is 23.7 Å². The van der Waals surface area contributed by atoms with Gasteiger partial charge in [0.25, 0.3) is 6.47 Å². The molecule has 2 N–H and O–H groups in total. The van der Waals surface area contributed by atoms with Crippen LogP contribution >= 0.6 is 0 Å². The van der Waals surface area contributed by atoms with E-state index < -0.39 is 24.1 Å². The number of nitrogens with one attached hydrogen (secondary N) is 1. The molecule has 0 unspecified atom stereocenters. The van der Waals surface area contributed by atoms with E-state index in [4.69, 9.17) is 9.90 Å². The third kappa shape index (κ3) is 6.10. The maximum absolute atomic E-state index is 13.1. The standard InChI is InChI=1S/C21H23F5N4O.CH2O2/c1-30-9-3-4-13(11-30)27-19-15-6-2-5-14(15)18(28-29-19)16-8-7-12(21(24,25)26)10-17(16)31-20(22)23;2-1-3/h7-8,10,13,20H,2-6,9,11H2,1H3,(H,27,29);1H,(H,2,3)/t13-;/m1./s1. The molecule has 0 saturated carbocycles. The number of halogens is 5. The first kappa shape index (κ1) is 25.6. The molecule has 0 amide bonds. The van der Waals surface area contributed by atoms with Crippen LogP contribution in [-0.2, 0) is 23.8 Å². The lowest BCUT2D eigenvalue weighted by Crippen LogP contribution is -2.40. The fraction of sp³-hybridized carbons (Fsp3) is 0.500. The molecular formula is C22H25F5N4O3. The van der Waals surface area contributed by atoms with Gasteiger partial charge in [0.05, 0.1) is 5.56 Å². The molecule has 34 heavy (non-hydrogen) atoms. The second-order valence-corrected chi connectivity index (χ2v) is 8.15. The van der Waals surface area contributed by atoms with Crippen LogP contribution in [0.5, 0.6) is 5.75 Å². The molecule has 2 heterocycles. The predicted octanol–water partition coefficient (Wildman–Crippen LogP) is 4.46. The van der Waals surface area contributed by atoms with Crippen molar-refractivity contribution in [1.82, 2.24) is 15.1 Å². The molecule has 1 aliphatic carbocycles. The minimum absolute atomic E-state index is 0.0860. The summed E-state index contributed by atoms with van der Waals surface area (Å²) in [4.78, 5) is 10.6. The van der Waals surface area contributed by atoms with Crippen LogP contribution in [0.15, 0.2) is 18.2 Å². The second-order valence-electron chi connectivity index (χ2n) is 8.15. The van der Waals surface area contributed by atoms with E-state index in [9.17, 15) is 22.0 Å². The zero-order valence-electron chi connectivity index (χ0n) is 18.4. The Morgan fingerprint density at radius 1 is 1.21 bits per heavy atom. The molecule has 4 rings (SSSR count). The van der Waals surface area contributed by atoms with Crippen LogP contribution in [0.2, 0.25) is 0 Å². The van der Waals surface area contributed by atoms with Gasteiger partial charge in [-0.15, -0.1) is 10.2 Å². The third-order valence-corrected chi connectivity index (χ3v) is 5.78. The highest BCUT2D eigenvalue weighted by atomic mass is 19.4. The lowest BCUT2D eigenvalue weighted by Gasteiger charge is -2.31. The first-order chi connectivity index (χ1) is 16.1. The summed E-state index contributed by atoms with van der Waals surface area (Å²) >= 11 is 0. The molecule has 7 nitrogen and oxygen atoms in total. The zero-order chi connectivity index (χ0) is 24.9. The van der Waals surface area contributed by atoms with E-state index in [0.29, 0.717) is 24.0 Å². The third-order valence-electron chi connectivity index (χ3n) is 5.78. The number of aromatic nitrogens is 2. The number of anilines is 1. The summed E-state index contributed by atoms with van der Waals surface area (Å²) in [6, 6.07) is 2.80. The highest BCUT2D eigenvalue weighted by Crippen LogP contribution is 2.41. The quantitative estimate of drug-likeness (QED) is 0.475. The Bertz CT molecular complexity index is 1000. The zero-order valence-corrected chi connectivity index (χ0v) is 18.4. The molecule has 1 fully saturated rings. The Hall–Kier alpha value is -3.02. The van der Waals surface area contributed by atoms with Gasteiger partial charge >= 0.3 is 12.8 Å².